The number of nitrogen functional groups attached to an aromatic ring is 1. The van der Waals surface area contributed by atoms with Crippen molar-refractivity contribution in [2.45, 2.75) is 19.6 Å². The summed E-state index contributed by atoms with van der Waals surface area (Å²) in [5.41, 5.74) is 4.65. The van der Waals surface area contributed by atoms with E-state index in [2.05, 4.69) is 20.5 Å². The van der Waals surface area contributed by atoms with E-state index >= 15 is 0 Å². The van der Waals surface area contributed by atoms with Gasteiger partial charge in [-0.25, -0.2) is 33.7 Å². The van der Waals surface area contributed by atoms with E-state index in [0.29, 0.717) is 17.2 Å². The van der Waals surface area contributed by atoms with Gasteiger partial charge in [0.25, 0.3) is 0 Å². The number of methoxy groups -OCH3 is 2. The van der Waals surface area contributed by atoms with E-state index < -0.39 is 104 Å². The van der Waals surface area contributed by atoms with E-state index in [1.807, 2.05) is 0 Å². The Morgan fingerprint density at radius 3 is 1.40 bits per heavy atom. The summed E-state index contributed by atoms with van der Waals surface area (Å²) in [5.74, 6) is -2.06. The molecule has 0 bridgehead atoms. The van der Waals surface area contributed by atoms with Crippen LogP contribution in [0.25, 0.3) is 32.7 Å². The summed E-state index contributed by atoms with van der Waals surface area (Å²) < 4.78 is 154. The fourth-order valence-corrected chi connectivity index (χ4v) is 8.61. The zero-order valence-corrected chi connectivity index (χ0v) is 44.9. The number of nitrogens with two attached hydrogens (primary N) is 1. The number of nitrogens with zero attached hydrogens (tertiary/aromatic N) is 4. The first-order chi connectivity index (χ1) is 27.4. The predicted molar refractivity (Wildman–Crippen MR) is 201 cm³/mol. The van der Waals surface area contributed by atoms with E-state index in [-0.39, 0.29) is 147 Å². The van der Waals surface area contributed by atoms with Gasteiger partial charge in [0.15, 0.2) is 0 Å². The maximum Gasteiger partial charge on any atom is 1.00 e. The Morgan fingerprint density at radius 1 is 0.492 bits per heavy atom. The molecule has 0 saturated carbocycles. The van der Waals surface area contributed by atoms with Crippen LogP contribution in [0.5, 0.6) is 23.0 Å². The Bertz CT molecular complexity index is 3310. The smallest absolute Gasteiger partial charge is 0.744 e. The monoisotopic (exact) mass is 977 g/mol. The van der Waals surface area contributed by atoms with E-state index in [1.165, 1.54) is 44.6 Å². The molecule has 4 N–H and O–H groups in total. The summed E-state index contributed by atoms with van der Waals surface area (Å²) in [6.07, 6.45) is 0. The number of phenolic OH excluding ortho intramolecular Hbond substituents is 2. The van der Waals surface area contributed by atoms with Crippen LogP contribution in [0.1, 0.15) is 0 Å². The van der Waals surface area contributed by atoms with Crippen LogP contribution in [0.4, 0.5) is 28.4 Å². The molecule has 63 heavy (non-hydrogen) atoms. The molecule has 0 atom stereocenters. The molecule has 308 valence electrons. The first-order valence-corrected chi connectivity index (χ1v) is 21.5. The Kier molecular flexibility index (Phi) is 19.4. The molecular weight excluding hydrogens is 955 g/mol. The number of phenols is 2. The van der Waals surface area contributed by atoms with Gasteiger partial charge >= 0.3 is 118 Å². The molecule has 6 aromatic carbocycles. The van der Waals surface area contributed by atoms with E-state index in [0.717, 1.165) is 36.4 Å². The van der Waals surface area contributed by atoms with Crippen LogP contribution in [0.15, 0.2) is 119 Å². The molecule has 0 aliphatic rings. The van der Waals surface area contributed by atoms with Gasteiger partial charge in [0, 0.05) is 16.2 Å². The fourth-order valence-electron chi connectivity index (χ4n) is 5.93. The second-order valence-corrected chi connectivity index (χ2v) is 17.4. The average Bonchev–Trinajstić information content (AvgIpc) is 3.15. The molecule has 0 radical (unpaired) electrons. The van der Waals surface area contributed by atoms with Crippen molar-refractivity contribution in [3.05, 3.63) is 78.9 Å². The summed E-state index contributed by atoms with van der Waals surface area (Å²) in [6.45, 7) is 0. The summed E-state index contributed by atoms with van der Waals surface area (Å²) >= 11 is 0. The van der Waals surface area contributed by atoms with Gasteiger partial charge < -0.3 is 43.6 Å². The SMILES string of the molecule is COc1cc(-c2ccc(N=Nc3ccc(S(=O)(=O)[O-])c4cc(S(=O)(=O)[O-])c(N)c(O)c34)c(OC)c2)ccc1N=Nc1cc2c(S(=O)(=O)[O-])cccc2c(O)c1S(=O)(=O)[O-].[Na+].[Na+].[Na+].[Na+]. The Balaban J connectivity index is 0.00000341. The molecular formula is C34H23N5Na4O16S4. The van der Waals surface area contributed by atoms with Crippen molar-refractivity contribution >= 4 is 90.5 Å². The Labute approximate surface area is 447 Å². The third-order valence-electron chi connectivity index (χ3n) is 8.55. The van der Waals surface area contributed by atoms with Gasteiger partial charge in [-0.3, -0.25) is 0 Å². The van der Waals surface area contributed by atoms with Crippen LogP contribution >= 0.6 is 0 Å². The van der Waals surface area contributed by atoms with Crippen LogP contribution in [0.2, 0.25) is 0 Å². The quantitative estimate of drug-likeness (QED) is 0.0357. The minimum Gasteiger partial charge on any atom is -0.744 e. The van der Waals surface area contributed by atoms with Crippen LogP contribution in [0.3, 0.4) is 0 Å². The standard InChI is InChI=1S/C34H27N5O16S4.4Na/c1-54-25-12-16(6-8-21(25)36-38-23-10-11-28(57(45,46)47)20-15-29(58(48,49)50)31(35)33(41)30(20)23)17-7-9-22(26(13-17)55-2)37-39-24-14-19-18(32(40)34(24)59(51,52)53)4-3-5-27(19)56(42,43)44;;;;/h3-15,40-41H,35H2,1-2H3,(H,42,43,44)(H,45,46,47)(H,48,49,50)(H,51,52,53);;;;/q;4*+1/p-4. The average molecular weight is 978 g/mol. The van der Waals surface area contributed by atoms with Crippen LogP contribution in [-0.2, 0) is 40.5 Å². The van der Waals surface area contributed by atoms with Gasteiger partial charge in [0.05, 0.1) is 45.7 Å². The molecule has 6 rings (SSSR count). The first kappa shape index (κ1) is 56.8. The number of ether oxygens (including phenoxy) is 2. The zero-order chi connectivity index (χ0) is 43.4. The minimum absolute atomic E-state index is 0. The Morgan fingerprint density at radius 2 is 0.937 bits per heavy atom. The predicted octanol–water partition coefficient (Wildman–Crippen LogP) is -6.87. The van der Waals surface area contributed by atoms with Crippen molar-refractivity contribution in [1.82, 2.24) is 0 Å². The molecule has 0 aliphatic heterocycles. The van der Waals surface area contributed by atoms with Gasteiger partial charge in [-0.1, -0.05) is 24.3 Å². The maximum atomic E-state index is 12.2. The number of benzene rings is 6. The zero-order valence-electron chi connectivity index (χ0n) is 33.6. The number of hydrogen-bond acceptors (Lipinski definition) is 21. The van der Waals surface area contributed by atoms with Gasteiger partial charge in [0.1, 0.15) is 85.4 Å². The second kappa shape index (κ2) is 21.5. The molecule has 21 nitrogen and oxygen atoms in total. The van der Waals surface area contributed by atoms with Gasteiger partial charge in [-0.2, -0.15) is 0 Å². The van der Waals surface area contributed by atoms with E-state index in [4.69, 9.17) is 15.2 Å². The molecule has 0 spiro atoms. The van der Waals surface area contributed by atoms with Crippen molar-refractivity contribution in [1.29, 1.82) is 0 Å². The van der Waals surface area contributed by atoms with Crippen LogP contribution in [0, 0.1) is 0 Å². The van der Waals surface area contributed by atoms with Crippen molar-refractivity contribution in [2.24, 2.45) is 20.5 Å². The number of fused-ring (bicyclic) bond motifs is 2. The van der Waals surface area contributed by atoms with Gasteiger partial charge in [-0.05, 0) is 65.7 Å². The summed E-state index contributed by atoms with van der Waals surface area (Å²) in [7, 11) is -18.6. The van der Waals surface area contributed by atoms with E-state index in [9.17, 15) is 62.1 Å². The van der Waals surface area contributed by atoms with Gasteiger partial charge in [0.2, 0.25) is 0 Å². The van der Waals surface area contributed by atoms with E-state index in [1.54, 1.807) is 6.07 Å². The maximum absolute atomic E-state index is 12.2. The third-order valence-corrected chi connectivity index (χ3v) is 12.1. The van der Waals surface area contributed by atoms with Crippen LogP contribution in [-0.4, -0.2) is 76.3 Å². The summed E-state index contributed by atoms with van der Waals surface area (Å²) in [4.78, 5) is -4.19. The normalized spacial score (nSPS) is 12.0. The molecule has 0 aliphatic carbocycles. The topological polar surface area (TPSA) is 363 Å². The Hall–Kier alpha value is -2.32. The van der Waals surface area contributed by atoms with Crippen molar-refractivity contribution in [3.63, 3.8) is 0 Å². The number of azo groups is 2. The number of rotatable bonds is 11. The molecule has 29 heteroatoms. The van der Waals surface area contributed by atoms with Crippen molar-refractivity contribution in [3.8, 4) is 34.1 Å². The molecule has 0 unspecified atom stereocenters. The minimum atomic E-state index is -5.44. The van der Waals surface area contributed by atoms with Crippen molar-refractivity contribution in [2.75, 3.05) is 20.0 Å². The largest absolute Gasteiger partial charge is 1.00 e. The van der Waals surface area contributed by atoms with Crippen LogP contribution < -0.4 is 133 Å². The summed E-state index contributed by atoms with van der Waals surface area (Å²) in [6, 6.07) is 15.0. The first-order valence-electron chi connectivity index (χ1n) is 15.9. The number of aromatic hydroxyl groups is 2. The third kappa shape index (κ3) is 12.0. The van der Waals surface area contributed by atoms with Crippen molar-refractivity contribution < 1.29 is 190 Å². The van der Waals surface area contributed by atoms with Gasteiger partial charge in [-0.15, -0.1) is 20.5 Å². The number of hydrogen-bond donors (Lipinski definition) is 3. The molecule has 0 heterocycles. The molecule has 0 amide bonds. The number of anilines is 1. The summed E-state index contributed by atoms with van der Waals surface area (Å²) in [5, 5.41) is 35.3. The molecule has 6 aromatic rings. The molecule has 0 saturated heterocycles. The molecule has 0 aromatic heterocycles. The second-order valence-electron chi connectivity index (χ2n) is 12.1. The fraction of sp³-hybridized carbons (Fsp3) is 0.0588. The molecule has 0 fully saturated rings.